The number of hydrogen-bond acceptors (Lipinski definition) is 6. The Morgan fingerprint density at radius 3 is 2.85 bits per heavy atom. The van der Waals surface area contributed by atoms with E-state index in [1.54, 1.807) is 36.4 Å². The molecule has 1 aliphatic heterocycles. The van der Waals surface area contributed by atoms with E-state index in [2.05, 4.69) is 15.8 Å². The van der Waals surface area contributed by atoms with E-state index >= 15 is 0 Å². The van der Waals surface area contributed by atoms with Gasteiger partial charge in [0.2, 0.25) is 6.79 Å². The maximum absolute atomic E-state index is 12.1. The Balaban J connectivity index is 1.49. The lowest BCUT2D eigenvalue weighted by Crippen LogP contribution is -2.34. The number of nitrogens with zero attached hydrogens (tertiary/aromatic N) is 1. The summed E-state index contributed by atoms with van der Waals surface area (Å²) in [6.45, 7) is -0.102. The molecule has 0 radical (unpaired) electrons. The third-order valence-corrected chi connectivity index (χ3v) is 3.93. The number of nitrogens with one attached hydrogen (secondary N) is 2. The highest BCUT2D eigenvalue weighted by Crippen LogP contribution is 2.32. The molecular weight excluding hydrogens is 374 g/mol. The summed E-state index contributed by atoms with van der Waals surface area (Å²) in [6, 6.07) is 9.85. The van der Waals surface area contributed by atoms with Crippen molar-refractivity contribution in [3.63, 3.8) is 0 Å². The summed E-state index contributed by atoms with van der Waals surface area (Å²) < 4.78 is 15.5. The minimum Gasteiger partial charge on any atom is -0.495 e. The van der Waals surface area contributed by atoms with Gasteiger partial charge in [-0.05, 0) is 35.9 Å². The van der Waals surface area contributed by atoms with E-state index in [-0.39, 0.29) is 13.3 Å². The molecule has 2 amide bonds. The number of fused-ring (bicyclic) bond motifs is 1. The third-order valence-electron chi connectivity index (χ3n) is 3.62. The lowest BCUT2D eigenvalue weighted by Gasteiger charge is -2.05. The quantitative estimate of drug-likeness (QED) is 0.581. The lowest BCUT2D eigenvalue weighted by atomic mass is 10.2. The van der Waals surface area contributed by atoms with Crippen LogP contribution in [0.5, 0.6) is 17.2 Å². The maximum atomic E-state index is 12.1. The molecule has 0 spiro atoms. The van der Waals surface area contributed by atoms with Gasteiger partial charge in [-0.1, -0.05) is 17.7 Å². The smallest absolute Gasteiger partial charge is 0.259 e. The van der Waals surface area contributed by atoms with Gasteiger partial charge in [-0.3, -0.25) is 9.59 Å². The molecule has 2 aromatic rings. The molecule has 0 aliphatic carbocycles. The molecule has 0 saturated carbocycles. The zero-order valence-corrected chi connectivity index (χ0v) is 15.1. The van der Waals surface area contributed by atoms with Gasteiger partial charge in [0.15, 0.2) is 11.5 Å². The number of ether oxygens (including phenoxy) is 3. The molecule has 0 saturated heterocycles. The fraction of sp³-hybridized carbons (Fsp3) is 0.167. The SMILES string of the molecule is COc1cc(/C=N/NC(=O)CNC(=O)c2ccc3c(c2)OCO3)ccc1Cl. The van der Waals surface area contributed by atoms with Crippen LogP contribution in [0.2, 0.25) is 5.02 Å². The number of benzene rings is 2. The van der Waals surface area contributed by atoms with Crippen molar-refractivity contribution in [1.82, 2.24) is 10.7 Å². The predicted octanol–water partition coefficient (Wildman–Crippen LogP) is 1.96. The molecule has 2 N–H and O–H groups in total. The van der Waals surface area contributed by atoms with Crippen LogP contribution in [0.25, 0.3) is 0 Å². The van der Waals surface area contributed by atoms with Crippen LogP contribution in [0.15, 0.2) is 41.5 Å². The second kappa shape index (κ2) is 8.41. The Morgan fingerprint density at radius 1 is 1.22 bits per heavy atom. The molecule has 0 fully saturated rings. The van der Waals surface area contributed by atoms with E-state index in [0.29, 0.717) is 33.4 Å². The van der Waals surface area contributed by atoms with Crippen molar-refractivity contribution in [2.45, 2.75) is 0 Å². The van der Waals surface area contributed by atoms with Gasteiger partial charge < -0.3 is 19.5 Å². The summed E-state index contributed by atoms with van der Waals surface area (Å²) >= 11 is 5.94. The molecule has 1 heterocycles. The standard InChI is InChI=1S/C18H16ClN3O5/c1-25-15-6-11(2-4-13(15)19)8-21-22-17(23)9-20-18(24)12-3-5-14-16(7-12)27-10-26-14/h2-8H,9-10H2,1H3,(H,20,24)(H,22,23)/b21-8+. The molecule has 9 heteroatoms. The molecule has 3 rings (SSSR count). The summed E-state index contributed by atoms with van der Waals surface area (Å²) in [6.07, 6.45) is 1.44. The van der Waals surface area contributed by atoms with Gasteiger partial charge in [0.1, 0.15) is 5.75 Å². The summed E-state index contributed by atoms with van der Waals surface area (Å²) in [5.41, 5.74) is 3.39. The topological polar surface area (TPSA) is 98.2 Å². The average Bonchev–Trinajstić information content (AvgIpc) is 3.15. The van der Waals surface area contributed by atoms with Crippen molar-refractivity contribution in [3.05, 3.63) is 52.5 Å². The minimum absolute atomic E-state index is 0.125. The molecule has 2 aromatic carbocycles. The van der Waals surface area contributed by atoms with Crippen molar-refractivity contribution < 1.29 is 23.8 Å². The summed E-state index contributed by atoms with van der Waals surface area (Å²) in [5, 5.41) is 6.82. The van der Waals surface area contributed by atoms with Gasteiger partial charge in [0, 0.05) is 5.56 Å². The van der Waals surface area contributed by atoms with E-state index in [9.17, 15) is 9.59 Å². The highest BCUT2D eigenvalue weighted by atomic mass is 35.5. The van der Waals surface area contributed by atoms with Crippen LogP contribution < -0.4 is 25.0 Å². The highest BCUT2D eigenvalue weighted by molar-refractivity contribution is 6.32. The Bertz CT molecular complexity index is 901. The van der Waals surface area contributed by atoms with E-state index < -0.39 is 11.8 Å². The Labute approximate surface area is 160 Å². The molecule has 1 aliphatic rings. The van der Waals surface area contributed by atoms with E-state index in [1.165, 1.54) is 13.3 Å². The molecule has 0 atom stereocenters. The van der Waals surface area contributed by atoms with Crippen LogP contribution >= 0.6 is 11.6 Å². The summed E-state index contributed by atoms with van der Waals surface area (Å²) in [4.78, 5) is 23.9. The van der Waals surface area contributed by atoms with E-state index in [1.807, 2.05) is 0 Å². The van der Waals surface area contributed by atoms with Crippen LogP contribution in [0.4, 0.5) is 0 Å². The number of amides is 2. The van der Waals surface area contributed by atoms with Crippen molar-refractivity contribution in [2.75, 3.05) is 20.4 Å². The molecule has 0 unspecified atom stereocenters. The lowest BCUT2D eigenvalue weighted by molar-refractivity contribution is -0.120. The van der Waals surface area contributed by atoms with Crippen molar-refractivity contribution in [2.24, 2.45) is 5.10 Å². The second-order valence-electron chi connectivity index (χ2n) is 5.44. The van der Waals surface area contributed by atoms with Crippen LogP contribution in [-0.4, -0.2) is 38.5 Å². The number of hydrogen-bond donors (Lipinski definition) is 2. The molecule has 8 nitrogen and oxygen atoms in total. The fourth-order valence-corrected chi connectivity index (χ4v) is 2.47. The van der Waals surface area contributed by atoms with Crippen LogP contribution in [0.1, 0.15) is 15.9 Å². The number of rotatable bonds is 6. The van der Waals surface area contributed by atoms with Crippen LogP contribution in [-0.2, 0) is 4.79 Å². The number of methoxy groups -OCH3 is 1. The van der Waals surface area contributed by atoms with Gasteiger partial charge in [-0.2, -0.15) is 5.10 Å². The Morgan fingerprint density at radius 2 is 2.04 bits per heavy atom. The minimum atomic E-state index is -0.471. The molecular formula is C18H16ClN3O5. The zero-order valence-electron chi connectivity index (χ0n) is 14.3. The first-order chi connectivity index (χ1) is 13.1. The predicted molar refractivity (Wildman–Crippen MR) is 98.6 cm³/mol. The third kappa shape index (κ3) is 4.68. The fourth-order valence-electron chi connectivity index (χ4n) is 2.28. The van der Waals surface area contributed by atoms with E-state index in [0.717, 1.165) is 0 Å². The zero-order chi connectivity index (χ0) is 19.2. The van der Waals surface area contributed by atoms with Gasteiger partial charge >= 0.3 is 0 Å². The summed E-state index contributed by atoms with van der Waals surface area (Å²) in [5.74, 6) is 0.701. The molecule has 0 bridgehead atoms. The number of carbonyl (C=O) groups excluding carboxylic acids is 2. The second-order valence-corrected chi connectivity index (χ2v) is 5.85. The van der Waals surface area contributed by atoms with Crippen molar-refractivity contribution in [3.8, 4) is 17.2 Å². The van der Waals surface area contributed by atoms with Crippen LogP contribution in [0, 0.1) is 0 Å². The summed E-state index contributed by atoms with van der Waals surface area (Å²) in [7, 11) is 1.51. The number of halogens is 1. The van der Waals surface area contributed by atoms with Crippen molar-refractivity contribution >= 4 is 29.6 Å². The van der Waals surface area contributed by atoms with E-state index in [4.69, 9.17) is 25.8 Å². The Kier molecular flexibility index (Phi) is 5.77. The molecule has 27 heavy (non-hydrogen) atoms. The van der Waals surface area contributed by atoms with Gasteiger partial charge in [0.05, 0.1) is 24.9 Å². The van der Waals surface area contributed by atoms with Gasteiger partial charge in [-0.25, -0.2) is 5.43 Å². The largest absolute Gasteiger partial charge is 0.495 e. The van der Waals surface area contributed by atoms with Crippen LogP contribution in [0.3, 0.4) is 0 Å². The normalized spacial score (nSPS) is 12.1. The average molecular weight is 390 g/mol. The molecule has 140 valence electrons. The van der Waals surface area contributed by atoms with Crippen molar-refractivity contribution in [1.29, 1.82) is 0 Å². The Hall–Kier alpha value is -3.26. The van der Waals surface area contributed by atoms with Gasteiger partial charge in [-0.15, -0.1) is 0 Å². The number of hydrazone groups is 1. The highest BCUT2D eigenvalue weighted by Gasteiger charge is 2.16. The molecule has 0 aromatic heterocycles. The first-order valence-electron chi connectivity index (χ1n) is 7.90. The maximum Gasteiger partial charge on any atom is 0.259 e. The van der Waals surface area contributed by atoms with Gasteiger partial charge in [0.25, 0.3) is 11.8 Å². The first kappa shape index (κ1) is 18.5. The first-order valence-corrected chi connectivity index (χ1v) is 8.28. The number of carbonyl (C=O) groups is 2. The monoisotopic (exact) mass is 389 g/mol.